The summed E-state index contributed by atoms with van der Waals surface area (Å²) in [6, 6.07) is 22.4. The number of anilines is 1. The fourth-order valence-corrected chi connectivity index (χ4v) is 5.57. The minimum atomic E-state index is -0.261. The van der Waals surface area contributed by atoms with E-state index < -0.39 is 0 Å². The van der Waals surface area contributed by atoms with Crippen molar-refractivity contribution in [3.05, 3.63) is 99.4 Å². The summed E-state index contributed by atoms with van der Waals surface area (Å²) < 4.78 is 5.63. The summed E-state index contributed by atoms with van der Waals surface area (Å²) in [4.78, 5) is 30.7. The standard InChI is InChI=1S/C26H19ClN2O3S2/c1-32-18-12-10-16(11-13-18)14-29-25(31)23(34-26(29)33)22-19-7-3-5-9-21(19)28(24(22)30)15-17-6-2-4-8-20(17)27/h2-13H,14-15H2,1H3. The number of ether oxygens (including phenoxy) is 1. The number of hydrogen-bond donors (Lipinski definition) is 0. The predicted molar refractivity (Wildman–Crippen MR) is 140 cm³/mol. The lowest BCUT2D eigenvalue weighted by Crippen LogP contribution is -2.29. The zero-order chi connectivity index (χ0) is 23.8. The van der Waals surface area contributed by atoms with Gasteiger partial charge in [0.1, 0.15) is 10.1 Å². The van der Waals surface area contributed by atoms with Gasteiger partial charge in [0.2, 0.25) is 0 Å². The van der Waals surface area contributed by atoms with E-state index in [4.69, 9.17) is 28.6 Å². The average Bonchev–Trinajstić information content (AvgIpc) is 3.28. The van der Waals surface area contributed by atoms with E-state index in [2.05, 4.69) is 0 Å². The number of para-hydroxylation sites is 1. The first-order valence-electron chi connectivity index (χ1n) is 10.5. The third kappa shape index (κ3) is 4.00. The van der Waals surface area contributed by atoms with Crippen LogP contribution in [-0.4, -0.2) is 28.1 Å². The lowest BCUT2D eigenvalue weighted by Gasteiger charge is -2.18. The number of thioether (sulfide) groups is 1. The second-order valence-electron chi connectivity index (χ2n) is 7.81. The van der Waals surface area contributed by atoms with Crippen LogP contribution in [0.25, 0.3) is 5.57 Å². The van der Waals surface area contributed by atoms with Crippen LogP contribution < -0.4 is 9.64 Å². The van der Waals surface area contributed by atoms with E-state index in [1.807, 2.05) is 66.7 Å². The Hall–Kier alpha value is -3.13. The number of fused-ring (bicyclic) bond motifs is 1. The van der Waals surface area contributed by atoms with Gasteiger partial charge in [-0.2, -0.15) is 0 Å². The first-order valence-corrected chi connectivity index (χ1v) is 12.1. The number of nitrogens with zero attached hydrogens (tertiary/aromatic N) is 2. The molecule has 0 aromatic heterocycles. The number of carbonyl (C=O) groups is 2. The molecule has 3 aromatic rings. The average molecular weight is 507 g/mol. The van der Waals surface area contributed by atoms with E-state index in [-0.39, 0.29) is 11.8 Å². The van der Waals surface area contributed by atoms with Gasteiger partial charge in [-0.3, -0.25) is 14.5 Å². The van der Waals surface area contributed by atoms with Gasteiger partial charge in [-0.15, -0.1) is 0 Å². The van der Waals surface area contributed by atoms with Gasteiger partial charge in [-0.05, 0) is 35.4 Å². The van der Waals surface area contributed by atoms with Crippen molar-refractivity contribution in [3.63, 3.8) is 0 Å². The molecule has 5 nitrogen and oxygen atoms in total. The molecule has 2 aliphatic heterocycles. The predicted octanol–water partition coefficient (Wildman–Crippen LogP) is 5.67. The van der Waals surface area contributed by atoms with Crippen LogP contribution in [0.4, 0.5) is 5.69 Å². The van der Waals surface area contributed by atoms with Crippen molar-refractivity contribution in [1.29, 1.82) is 0 Å². The van der Waals surface area contributed by atoms with E-state index in [0.29, 0.717) is 32.9 Å². The highest BCUT2D eigenvalue weighted by molar-refractivity contribution is 8.26. The van der Waals surface area contributed by atoms with Crippen LogP contribution in [-0.2, 0) is 22.7 Å². The van der Waals surface area contributed by atoms with Crippen LogP contribution in [0.1, 0.15) is 16.7 Å². The maximum absolute atomic E-state index is 13.6. The van der Waals surface area contributed by atoms with Gasteiger partial charge in [0, 0.05) is 10.6 Å². The third-order valence-corrected chi connectivity index (χ3v) is 7.60. The van der Waals surface area contributed by atoms with Gasteiger partial charge in [0.15, 0.2) is 0 Å². The summed E-state index contributed by atoms with van der Waals surface area (Å²) in [6.07, 6.45) is 0. The summed E-state index contributed by atoms with van der Waals surface area (Å²) in [5.74, 6) is 0.248. The zero-order valence-electron chi connectivity index (χ0n) is 18.2. The zero-order valence-corrected chi connectivity index (χ0v) is 20.5. The first kappa shape index (κ1) is 22.7. The van der Waals surface area contributed by atoms with Crippen molar-refractivity contribution in [1.82, 2.24) is 4.90 Å². The first-order chi connectivity index (χ1) is 16.5. The number of methoxy groups -OCH3 is 1. The molecule has 0 N–H and O–H groups in total. The van der Waals surface area contributed by atoms with Crippen molar-refractivity contribution in [2.24, 2.45) is 0 Å². The summed E-state index contributed by atoms with van der Waals surface area (Å²) >= 11 is 13.1. The summed E-state index contributed by atoms with van der Waals surface area (Å²) in [7, 11) is 1.61. The van der Waals surface area contributed by atoms with Crippen molar-refractivity contribution in [3.8, 4) is 5.75 Å². The molecule has 0 bridgehead atoms. The molecule has 0 atom stereocenters. The number of halogens is 1. The normalized spacial score (nSPS) is 17.5. The molecule has 0 spiro atoms. The Bertz CT molecular complexity index is 1350. The van der Waals surface area contributed by atoms with Crippen LogP contribution in [0.5, 0.6) is 5.75 Å². The Morgan fingerprint density at radius 1 is 0.882 bits per heavy atom. The van der Waals surface area contributed by atoms with E-state index in [1.165, 1.54) is 16.7 Å². The van der Waals surface area contributed by atoms with Crippen molar-refractivity contribution < 1.29 is 14.3 Å². The van der Waals surface area contributed by atoms with Crippen LogP contribution in [0.3, 0.4) is 0 Å². The molecule has 3 aromatic carbocycles. The Morgan fingerprint density at radius 3 is 2.32 bits per heavy atom. The summed E-state index contributed by atoms with van der Waals surface area (Å²) in [6.45, 7) is 0.635. The van der Waals surface area contributed by atoms with E-state index >= 15 is 0 Å². The Balaban J connectivity index is 1.49. The highest BCUT2D eigenvalue weighted by Gasteiger charge is 2.42. The third-order valence-electron chi connectivity index (χ3n) is 5.79. The minimum absolute atomic E-state index is 0.230. The molecular formula is C26H19ClN2O3S2. The number of hydrogen-bond acceptors (Lipinski definition) is 5. The second kappa shape index (κ2) is 9.25. The largest absolute Gasteiger partial charge is 0.497 e. The van der Waals surface area contributed by atoms with Gasteiger partial charge >= 0.3 is 0 Å². The van der Waals surface area contributed by atoms with Crippen molar-refractivity contribution >= 4 is 63.0 Å². The van der Waals surface area contributed by atoms with Crippen LogP contribution in [0.15, 0.2) is 77.7 Å². The van der Waals surface area contributed by atoms with Gasteiger partial charge < -0.3 is 9.64 Å². The number of rotatable bonds is 5. The van der Waals surface area contributed by atoms with Crippen molar-refractivity contribution in [2.45, 2.75) is 13.1 Å². The molecule has 0 unspecified atom stereocenters. The molecule has 1 fully saturated rings. The molecule has 0 aliphatic carbocycles. The maximum Gasteiger partial charge on any atom is 0.267 e. The highest BCUT2D eigenvalue weighted by atomic mass is 35.5. The second-order valence-corrected chi connectivity index (χ2v) is 9.86. The van der Waals surface area contributed by atoms with Gasteiger partial charge in [-0.25, -0.2) is 0 Å². The number of amides is 2. The monoisotopic (exact) mass is 506 g/mol. The molecule has 0 saturated carbocycles. The van der Waals surface area contributed by atoms with E-state index in [9.17, 15) is 9.59 Å². The highest BCUT2D eigenvalue weighted by Crippen LogP contribution is 2.45. The minimum Gasteiger partial charge on any atom is -0.497 e. The van der Waals surface area contributed by atoms with Gasteiger partial charge in [0.25, 0.3) is 11.8 Å². The van der Waals surface area contributed by atoms with E-state index in [1.54, 1.807) is 18.1 Å². The molecule has 1 saturated heterocycles. The van der Waals surface area contributed by atoms with Gasteiger partial charge in [0.05, 0.1) is 36.4 Å². The molecule has 170 valence electrons. The lowest BCUT2D eigenvalue weighted by atomic mass is 10.1. The van der Waals surface area contributed by atoms with Crippen LogP contribution in [0.2, 0.25) is 5.02 Å². The smallest absolute Gasteiger partial charge is 0.267 e. The SMILES string of the molecule is COc1ccc(CN2C(=O)C(=C3C(=O)N(Cc4ccccc4Cl)c4ccccc43)SC2=S)cc1. The fourth-order valence-electron chi connectivity index (χ4n) is 4.05. The Labute approximate surface area is 212 Å². The quantitative estimate of drug-likeness (QED) is 0.330. The van der Waals surface area contributed by atoms with Gasteiger partial charge in [-0.1, -0.05) is 84.1 Å². The topological polar surface area (TPSA) is 49.9 Å². The molecule has 2 amide bonds. The molecular weight excluding hydrogens is 488 g/mol. The molecule has 2 heterocycles. The molecule has 0 radical (unpaired) electrons. The molecule has 2 aliphatic rings. The fraction of sp³-hybridized carbons (Fsp3) is 0.115. The Kier molecular flexibility index (Phi) is 6.16. The summed E-state index contributed by atoms with van der Waals surface area (Å²) in [5, 5.41) is 0.590. The number of carbonyl (C=O) groups excluding carboxylic acids is 2. The maximum atomic E-state index is 13.6. The van der Waals surface area contributed by atoms with Crippen LogP contribution in [0, 0.1) is 0 Å². The number of thiocarbonyl (C=S) groups is 1. The summed E-state index contributed by atoms with van der Waals surface area (Å²) in [5.41, 5.74) is 3.62. The Morgan fingerprint density at radius 2 is 1.59 bits per heavy atom. The van der Waals surface area contributed by atoms with Crippen molar-refractivity contribution in [2.75, 3.05) is 12.0 Å². The van der Waals surface area contributed by atoms with Crippen LogP contribution >= 0.6 is 35.6 Å². The molecule has 5 rings (SSSR count). The molecule has 8 heteroatoms. The van der Waals surface area contributed by atoms with E-state index in [0.717, 1.165) is 28.1 Å². The number of benzene rings is 3. The molecule has 34 heavy (non-hydrogen) atoms. The lowest BCUT2D eigenvalue weighted by molar-refractivity contribution is -0.122.